The molecule has 21 heavy (non-hydrogen) atoms. The summed E-state index contributed by atoms with van der Waals surface area (Å²) < 4.78 is 19.0. The van der Waals surface area contributed by atoms with Crippen LogP contribution in [0.4, 0.5) is 4.39 Å². The van der Waals surface area contributed by atoms with Crippen LogP contribution >= 0.6 is 15.9 Å². The smallest absolute Gasteiger partial charge is 0.307 e. The Kier molecular flexibility index (Phi) is 7.08. The van der Waals surface area contributed by atoms with Crippen LogP contribution in [0.1, 0.15) is 18.9 Å². The van der Waals surface area contributed by atoms with Crippen LogP contribution in [0.25, 0.3) is 6.08 Å². The number of ether oxygens (including phenoxy) is 1. The summed E-state index contributed by atoms with van der Waals surface area (Å²) >= 11 is 3.24. The Morgan fingerprint density at radius 3 is 2.81 bits per heavy atom. The monoisotopic (exact) mass is 357 g/mol. The summed E-state index contributed by atoms with van der Waals surface area (Å²) in [4.78, 5) is 24.4. The first-order chi connectivity index (χ1) is 9.93. The van der Waals surface area contributed by atoms with E-state index in [-0.39, 0.29) is 24.8 Å². The van der Waals surface area contributed by atoms with Gasteiger partial charge in [-0.25, -0.2) is 4.39 Å². The molecule has 0 aromatic heterocycles. The van der Waals surface area contributed by atoms with Gasteiger partial charge in [0.05, 0.1) is 13.0 Å². The molecule has 0 atom stereocenters. The molecule has 114 valence electrons. The highest BCUT2D eigenvalue weighted by atomic mass is 79.9. The Morgan fingerprint density at radius 2 is 2.14 bits per heavy atom. The van der Waals surface area contributed by atoms with Crippen LogP contribution in [-0.2, 0) is 14.3 Å². The van der Waals surface area contributed by atoms with Crippen molar-refractivity contribution in [3.8, 4) is 0 Å². The number of benzene rings is 1. The highest BCUT2D eigenvalue weighted by Crippen LogP contribution is 2.16. The lowest BCUT2D eigenvalue weighted by atomic mass is 10.2. The Bertz CT molecular complexity index is 546. The lowest BCUT2D eigenvalue weighted by molar-refractivity contribution is -0.143. The van der Waals surface area contributed by atoms with Crippen molar-refractivity contribution in [3.63, 3.8) is 0 Å². The van der Waals surface area contributed by atoms with Gasteiger partial charge in [-0.15, -0.1) is 0 Å². The van der Waals surface area contributed by atoms with Crippen LogP contribution in [0.2, 0.25) is 0 Å². The summed E-state index contributed by atoms with van der Waals surface area (Å²) in [5.41, 5.74) is 0.316. The van der Waals surface area contributed by atoms with Gasteiger partial charge < -0.3 is 9.64 Å². The van der Waals surface area contributed by atoms with Crippen LogP contribution in [0, 0.1) is 5.82 Å². The van der Waals surface area contributed by atoms with Gasteiger partial charge in [-0.1, -0.05) is 15.9 Å². The van der Waals surface area contributed by atoms with Crippen LogP contribution in [0.5, 0.6) is 0 Å². The standard InChI is InChI=1S/C15H17BrFNO3/c1-3-21-15(20)8-9-18(2)14(19)7-4-11-10-12(16)5-6-13(11)17/h4-7,10H,3,8-9H2,1-2H3. The summed E-state index contributed by atoms with van der Waals surface area (Å²) in [6.07, 6.45) is 2.81. The van der Waals surface area contributed by atoms with E-state index in [1.54, 1.807) is 26.1 Å². The van der Waals surface area contributed by atoms with Gasteiger partial charge in [-0.05, 0) is 31.2 Å². The number of halogens is 2. The number of likely N-dealkylation sites (N-methyl/N-ethyl adjacent to an activating group) is 1. The van der Waals surface area contributed by atoms with Crippen molar-refractivity contribution in [1.29, 1.82) is 0 Å². The van der Waals surface area contributed by atoms with Crippen molar-refractivity contribution in [2.75, 3.05) is 20.2 Å². The van der Waals surface area contributed by atoms with E-state index in [1.807, 2.05) is 0 Å². The second kappa shape index (κ2) is 8.56. The van der Waals surface area contributed by atoms with E-state index >= 15 is 0 Å². The largest absolute Gasteiger partial charge is 0.466 e. The molecule has 0 radical (unpaired) electrons. The topological polar surface area (TPSA) is 46.6 Å². The highest BCUT2D eigenvalue weighted by Gasteiger charge is 2.09. The molecule has 0 saturated heterocycles. The zero-order valence-electron chi connectivity index (χ0n) is 11.9. The van der Waals surface area contributed by atoms with Gasteiger partial charge in [0.2, 0.25) is 5.91 Å². The minimum Gasteiger partial charge on any atom is -0.466 e. The van der Waals surface area contributed by atoms with Crippen molar-refractivity contribution in [3.05, 3.63) is 40.1 Å². The van der Waals surface area contributed by atoms with Gasteiger partial charge in [0, 0.05) is 29.7 Å². The van der Waals surface area contributed by atoms with Gasteiger partial charge in [-0.2, -0.15) is 0 Å². The molecule has 0 spiro atoms. The Morgan fingerprint density at radius 1 is 1.43 bits per heavy atom. The molecule has 0 aliphatic heterocycles. The molecule has 0 heterocycles. The molecule has 6 heteroatoms. The van der Waals surface area contributed by atoms with Crippen LogP contribution in [0.3, 0.4) is 0 Å². The third-order valence-corrected chi connectivity index (χ3v) is 3.19. The maximum Gasteiger partial charge on any atom is 0.307 e. The van der Waals surface area contributed by atoms with E-state index in [0.717, 1.165) is 4.47 Å². The second-order valence-corrected chi connectivity index (χ2v) is 5.23. The van der Waals surface area contributed by atoms with Crippen molar-refractivity contribution >= 4 is 33.9 Å². The Balaban J connectivity index is 2.57. The van der Waals surface area contributed by atoms with Crippen molar-refractivity contribution < 1.29 is 18.7 Å². The molecule has 1 aromatic carbocycles. The molecule has 1 amide bonds. The highest BCUT2D eigenvalue weighted by molar-refractivity contribution is 9.10. The SMILES string of the molecule is CCOC(=O)CCN(C)C(=O)C=Cc1cc(Br)ccc1F. The number of amides is 1. The molecule has 0 saturated carbocycles. The fraction of sp³-hybridized carbons (Fsp3) is 0.333. The zero-order chi connectivity index (χ0) is 15.8. The number of hydrogen-bond acceptors (Lipinski definition) is 3. The van der Waals surface area contributed by atoms with Crippen molar-refractivity contribution in [2.24, 2.45) is 0 Å². The molecule has 1 rings (SSSR count). The number of hydrogen-bond donors (Lipinski definition) is 0. The molecule has 0 unspecified atom stereocenters. The number of nitrogens with zero attached hydrogens (tertiary/aromatic N) is 1. The first-order valence-corrected chi connectivity index (χ1v) is 7.27. The van der Waals surface area contributed by atoms with E-state index < -0.39 is 5.82 Å². The third-order valence-electron chi connectivity index (χ3n) is 2.70. The van der Waals surface area contributed by atoms with Crippen molar-refractivity contribution in [1.82, 2.24) is 4.90 Å². The van der Waals surface area contributed by atoms with Crippen LogP contribution in [-0.4, -0.2) is 37.0 Å². The summed E-state index contributed by atoms with van der Waals surface area (Å²) in [6.45, 7) is 2.30. The maximum absolute atomic E-state index is 13.5. The predicted molar refractivity (Wildman–Crippen MR) is 82.0 cm³/mol. The molecule has 1 aromatic rings. The van der Waals surface area contributed by atoms with Gasteiger partial charge in [0.1, 0.15) is 5.82 Å². The van der Waals surface area contributed by atoms with Crippen molar-refractivity contribution in [2.45, 2.75) is 13.3 Å². The first-order valence-electron chi connectivity index (χ1n) is 6.48. The van der Waals surface area contributed by atoms with Gasteiger partial charge in [0.15, 0.2) is 0 Å². The molecular weight excluding hydrogens is 341 g/mol. The molecule has 0 aliphatic carbocycles. The van der Waals surface area contributed by atoms with E-state index in [0.29, 0.717) is 12.2 Å². The van der Waals surface area contributed by atoms with Gasteiger partial charge >= 0.3 is 5.97 Å². The minimum atomic E-state index is -0.406. The normalized spacial score (nSPS) is 10.7. The summed E-state index contributed by atoms with van der Waals surface area (Å²) in [7, 11) is 1.57. The fourth-order valence-corrected chi connectivity index (χ4v) is 1.91. The Hall–Kier alpha value is -1.69. The molecule has 0 aliphatic rings. The second-order valence-electron chi connectivity index (χ2n) is 4.31. The quantitative estimate of drug-likeness (QED) is 0.580. The third kappa shape index (κ3) is 6.08. The number of rotatable bonds is 6. The Labute approximate surface area is 131 Å². The average molecular weight is 358 g/mol. The number of esters is 1. The molecule has 0 fully saturated rings. The van der Waals surface area contributed by atoms with E-state index in [9.17, 15) is 14.0 Å². The lowest BCUT2D eigenvalue weighted by Gasteiger charge is -2.14. The van der Waals surface area contributed by atoms with E-state index in [1.165, 1.54) is 23.1 Å². The number of carbonyl (C=O) groups is 2. The maximum atomic E-state index is 13.5. The van der Waals surface area contributed by atoms with E-state index in [2.05, 4.69) is 15.9 Å². The molecule has 0 bridgehead atoms. The summed E-state index contributed by atoms with van der Waals surface area (Å²) in [6, 6.07) is 4.48. The molecular formula is C15H17BrFNO3. The first kappa shape index (κ1) is 17.4. The minimum absolute atomic E-state index is 0.134. The van der Waals surface area contributed by atoms with Crippen LogP contribution in [0.15, 0.2) is 28.7 Å². The van der Waals surface area contributed by atoms with Gasteiger partial charge in [0.25, 0.3) is 0 Å². The number of carbonyl (C=O) groups excluding carboxylic acids is 2. The van der Waals surface area contributed by atoms with E-state index in [4.69, 9.17) is 4.74 Å². The predicted octanol–water partition coefficient (Wildman–Crippen LogP) is 3.01. The van der Waals surface area contributed by atoms with Gasteiger partial charge in [-0.3, -0.25) is 9.59 Å². The fourth-order valence-electron chi connectivity index (χ4n) is 1.53. The molecule has 0 N–H and O–H groups in total. The average Bonchev–Trinajstić information content (AvgIpc) is 2.45. The van der Waals surface area contributed by atoms with Crippen LogP contribution < -0.4 is 0 Å². The lowest BCUT2D eigenvalue weighted by Crippen LogP contribution is -2.27. The zero-order valence-corrected chi connectivity index (χ0v) is 13.5. The molecule has 4 nitrogen and oxygen atoms in total. The summed E-state index contributed by atoms with van der Waals surface area (Å²) in [5.74, 6) is -1.06. The summed E-state index contributed by atoms with van der Waals surface area (Å²) in [5, 5.41) is 0.